The van der Waals surface area contributed by atoms with E-state index in [0.29, 0.717) is 0 Å². The number of aliphatic hydroxyl groups is 1. The molecule has 5 heteroatoms. The molecule has 0 aromatic carbocycles. The normalized spacial score (nSPS) is 25.2. The van der Waals surface area contributed by atoms with E-state index in [1.165, 1.54) is 19.3 Å². The van der Waals surface area contributed by atoms with Crippen LogP contribution in [0.3, 0.4) is 0 Å². The molecule has 1 atom stereocenters. The Morgan fingerprint density at radius 3 is 2.84 bits per heavy atom. The van der Waals surface area contributed by atoms with Gasteiger partial charge in [0.15, 0.2) is 0 Å². The second-order valence-corrected chi connectivity index (χ2v) is 5.93. The zero-order chi connectivity index (χ0) is 13.7. The second kappa shape index (κ2) is 6.57. The van der Waals surface area contributed by atoms with Gasteiger partial charge in [0.25, 0.3) is 0 Å². The highest BCUT2D eigenvalue weighted by Crippen LogP contribution is 2.43. The van der Waals surface area contributed by atoms with Crippen LogP contribution >= 0.6 is 0 Å². The molecule has 0 unspecified atom stereocenters. The second-order valence-electron chi connectivity index (χ2n) is 5.93. The zero-order valence-corrected chi connectivity index (χ0v) is 11.9. The number of hydrogen-bond acceptors (Lipinski definition) is 3. The van der Waals surface area contributed by atoms with Gasteiger partial charge < -0.3 is 20.1 Å². The van der Waals surface area contributed by atoms with Crippen molar-refractivity contribution < 1.29 is 14.6 Å². The fraction of sp³-hybridized carbons (Fsp3) is 0.929. The van der Waals surface area contributed by atoms with E-state index in [9.17, 15) is 9.90 Å². The number of likely N-dealkylation sites (tertiary alicyclic amines) is 1. The summed E-state index contributed by atoms with van der Waals surface area (Å²) < 4.78 is 5.16. The van der Waals surface area contributed by atoms with Gasteiger partial charge in [0, 0.05) is 26.8 Å². The first-order valence-corrected chi connectivity index (χ1v) is 7.35. The van der Waals surface area contributed by atoms with E-state index < -0.39 is 0 Å². The maximum Gasteiger partial charge on any atom is 0.317 e. The monoisotopic (exact) mass is 270 g/mol. The molecule has 1 heterocycles. The zero-order valence-electron chi connectivity index (χ0n) is 11.9. The van der Waals surface area contributed by atoms with Crippen molar-refractivity contribution in [2.24, 2.45) is 5.41 Å². The standard InChI is InChI=1S/C14H26N2O3/c1-19-9-7-14(5-3-6-14)11-15-13(18)16-8-2-4-12(16)10-17/h12,17H,2-11H2,1H3,(H,15,18)/t12-/m1/s1. The summed E-state index contributed by atoms with van der Waals surface area (Å²) in [5.74, 6) is 0. The van der Waals surface area contributed by atoms with Crippen LogP contribution in [-0.4, -0.2) is 55.5 Å². The first kappa shape index (κ1) is 14.6. The molecule has 0 radical (unpaired) electrons. The molecule has 2 fully saturated rings. The lowest BCUT2D eigenvalue weighted by Gasteiger charge is -2.42. The van der Waals surface area contributed by atoms with E-state index in [4.69, 9.17) is 4.74 Å². The number of nitrogens with one attached hydrogen (secondary N) is 1. The number of amides is 2. The van der Waals surface area contributed by atoms with Crippen molar-refractivity contribution in [3.63, 3.8) is 0 Å². The summed E-state index contributed by atoms with van der Waals surface area (Å²) in [6.07, 6.45) is 6.54. The summed E-state index contributed by atoms with van der Waals surface area (Å²) in [6.45, 7) is 2.34. The van der Waals surface area contributed by atoms with E-state index in [0.717, 1.165) is 39.0 Å². The van der Waals surface area contributed by atoms with Gasteiger partial charge in [-0.3, -0.25) is 0 Å². The molecule has 1 aliphatic heterocycles. The molecule has 2 N–H and O–H groups in total. The van der Waals surface area contributed by atoms with E-state index in [1.54, 1.807) is 12.0 Å². The lowest BCUT2D eigenvalue weighted by Crippen LogP contribution is -2.49. The van der Waals surface area contributed by atoms with Gasteiger partial charge in [-0.2, -0.15) is 0 Å². The van der Waals surface area contributed by atoms with Gasteiger partial charge in [-0.05, 0) is 37.5 Å². The van der Waals surface area contributed by atoms with Crippen molar-refractivity contribution >= 4 is 6.03 Å². The molecule has 2 aliphatic rings. The van der Waals surface area contributed by atoms with Gasteiger partial charge >= 0.3 is 6.03 Å². The van der Waals surface area contributed by atoms with Crippen LogP contribution in [0.2, 0.25) is 0 Å². The average molecular weight is 270 g/mol. The van der Waals surface area contributed by atoms with Crippen molar-refractivity contribution in [2.75, 3.05) is 33.4 Å². The van der Waals surface area contributed by atoms with Crippen LogP contribution in [0.15, 0.2) is 0 Å². The minimum absolute atomic E-state index is 0.0105. The minimum atomic E-state index is -0.0137. The van der Waals surface area contributed by atoms with Gasteiger partial charge in [0.1, 0.15) is 0 Å². The molecule has 1 saturated carbocycles. The molecule has 1 saturated heterocycles. The Bertz CT molecular complexity index is 305. The van der Waals surface area contributed by atoms with Crippen molar-refractivity contribution in [3.05, 3.63) is 0 Å². The Hall–Kier alpha value is -0.810. The number of carbonyl (C=O) groups excluding carboxylic acids is 1. The Morgan fingerprint density at radius 1 is 1.47 bits per heavy atom. The van der Waals surface area contributed by atoms with Gasteiger partial charge in [0.05, 0.1) is 12.6 Å². The average Bonchev–Trinajstić information content (AvgIpc) is 2.85. The summed E-state index contributed by atoms with van der Waals surface area (Å²) in [7, 11) is 1.72. The molecule has 0 spiro atoms. The highest BCUT2D eigenvalue weighted by atomic mass is 16.5. The largest absolute Gasteiger partial charge is 0.394 e. The molecular formula is C14H26N2O3. The molecule has 2 amide bonds. The van der Waals surface area contributed by atoms with E-state index in [2.05, 4.69) is 5.32 Å². The predicted octanol–water partition coefficient (Wildman–Crippen LogP) is 1.36. The molecule has 0 aromatic rings. The number of carbonyl (C=O) groups is 1. The predicted molar refractivity (Wildman–Crippen MR) is 73.0 cm³/mol. The molecule has 19 heavy (non-hydrogen) atoms. The smallest absolute Gasteiger partial charge is 0.317 e. The first-order chi connectivity index (χ1) is 9.21. The quantitative estimate of drug-likeness (QED) is 0.766. The fourth-order valence-electron chi connectivity index (χ4n) is 3.17. The molecule has 110 valence electrons. The van der Waals surface area contributed by atoms with Crippen LogP contribution in [0.25, 0.3) is 0 Å². The van der Waals surface area contributed by atoms with Crippen LogP contribution in [0.1, 0.15) is 38.5 Å². The SMILES string of the molecule is COCCC1(CNC(=O)N2CCC[C@@H]2CO)CCC1. The third-order valence-electron chi connectivity index (χ3n) is 4.71. The molecule has 0 aromatic heterocycles. The number of ether oxygens (including phenoxy) is 1. The molecular weight excluding hydrogens is 244 g/mol. The van der Waals surface area contributed by atoms with Crippen molar-refractivity contribution in [1.29, 1.82) is 0 Å². The number of aliphatic hydroxyl groups excluding tert-OH is 1. The summed E-state index contributed by atoms with van der Waals surface area (Å²) >= 11 is 0. The van der Waals surface area contributed by atoms with Gasteiger partial charge in [-0.1, -0.05) is 6.42 Å². The fourth-order valence-corrected chi connectivity index (χ4v) is 3.17. The lowest BCUT2D eigenvalue weighted by atomic mass is 9.67. The maximum atomic E-state index is 12.1. The summed E-state index contributed by atoms with van der Waals surface area (Å²) in [6, 6.07) is -0.00319. The topological polar surface area (TPSA) is 61.8 Å². The summed E-state index contributed by atoms with van der Waals surface area (Å²) in [5, 5.41) is 12.3. The van der Waals surface area contributed by atoms with E-state index in [1.807, 2.05) is 0 Å². The number of rotatable bonds is 6. The van der Waals surface area contributed by atoms with Crippen molar-refractivity contribution in [2.45, 2.75) is 44.6 Å². The third kappa shape index (κ3) is 3.39. The van der Waals surface area contributed by atoms with Gasteiger partial charge in [-0.15, -0.1) is 0 Å². The van der Waals surface area contributed by atoms with E-state index >= 15 is 0 Å². The Labute approximate surface area is 115 Å². The molecule has 5 nitrogen and oxygen atoms in total. The highest BCUT2D eigenvalue weighted by Gasteiger charge is 2.37. The molecule has 0 bridgehead atoms. The third-order valence-corrected chi connectivity index (χ3v) is 4.71. The van der Waals surface area contributed by atoms with Crippen molar-refractivity contribution in [1.82, 2.24) is 10.2 Å². The molecule has 2 rings (SSSR count). The van der Waals surface area contributed by atoms with Crippen molar-refractivity contribution in [3.8, 4) is 0 Å². The summed E-state index contributed by atoms with van der Waals surface area (Å²) in [4.78, 5) is 13.9. The lowest BCUT2D eigenvalue weighted by molar-refractivity contribution is 0.0685. The van der Waals surface area contributed by atoms with Gasteiger partial charge in [-0.25, -0.2) is 4.79 Å². The Kier molecular flexibility index (Phi) is 5.05. The van der Waals surface area contributed by atoms with Crippen LogP contribution in [0.4, 0.5) is 4.79 Å². The maximum absolute atomic E-state index is 12.1. The first-order valence-electron chi connectivity index (χ1n) is 7.35. The van der Waals surface area contributed by atoms with Crippen LogP contribution in [0.5, 0.6) is 0 Å². The minimum Gasteiger partial charge on any atom is -0.394 e. The Morgan fingerprint density at radius 2 is 2.26 bits per heavy atom. The summed E-state index contributed by atoms with van der Waals surface area (Å²) in [5.41, 5.74) is 0.250. The number of nitrogens with zero attached hydrogens (tertiary/aromatic N) is 1. The Balaban J connectivity index is 1.79. The number of methoxy groups -OCH3 is 1. The van der Waals surface area contributed by atoms with Crippen LogP contribution in [0, 0.1) is 5.41 Å². The van der Waals surface area contributed by atoms with Crippen LogP contribution in [-0.2, 0) is 4.74 Å². The van der Waals surface area contributed by atoms with Gasteiger partial charge in [0.2, 0.25) is 0 Å². The number of hydrogen-bond donors (Lipinski definition) is 2. The van der Waals surface area contributed by atoms with E-state index in [-0.39, 0.29) is 24.1 Å². The van der Waals surface area contributed by atoms with Crippen LogP contribution < -0.4 is 5.32 Å². The number of urea groups is 1. The highest BCUT2D eigenvalue weighted by molar-refractivity contribution is 5.74. The molecule has 1 aliphatic carbocycles.